The Morgan fingerprint density at radius 1 is 1.04 bits per heavy atom. The molecule has 0 unspecified atom stereocenters. The molecule has 120 valence electrons. The Hall–Kier alpha value is -2.66. The van der Waals surface area contributed by atoms with Crippen molar-refractivity contribution in [3.63, 3.8) is 0 Å². The number of carbonyl (C=O) groups is 1. The molecule has 1 N–H and O–H groups in total. The molecule has 0 spiro atoms. The summed E-state index contributed by atoms with van der Waals surface area (Å²) < 4.78 is 6.64. The summed E-state index contributed by atoms with van der Waals surface area (Å²) in [6, 6.07) is 20.3. The number of aromatic nitrogens is 1. The second-order valence-corrected chi connectivity index (χ2v) is 6.02. The van der Waals surface area contributed by atoms with Crippen molar-refractivity contribution in [3.8, 4) is 11.6 Å². The number of pyridine rings is 1. The molecule has 0 radical (unpaired) electrons. The lowest BCUT2D eigenvalue weighted by atomic mass is 10.2. The Bertz CT molecular complexity index is 820. The first-order valence-corrected chi connectivity index (χ1v) is 8.21. The molecule has 0 aliphatic carbocycles. The highest BCUT2D eigenvalue weighted by Crippen LogP contribution is 2.20. The van der Waals surface area contributed by atoms with Crippen LogP contribution in [0.15, 0.2) is 77.4 Å². The summed E-state index contributed by atoms with van der Waals surface area (Å²) in [6.07, 6.45) is 1.68. The Morgan fingerprint density at radius 2 is 1.88 bits per heavy atom. The number of nitrogens with zero attached hydrogens (tertiary/aromatic N) is 1. The van der Waals surface area contributed by atoms with Crippen LogP contribution in [0.2, 0.25) is 0 Å². The third kappa shape index (κ3) is 4.43. The Balaban J connectivity index is 1.62. The normalized spacial score (nSPS) is 10.2. The first-order valence-electron chi connectivity index (χ1n) is 7.42. The van der Waals surface area contributed by atoms with Crippen LogP contribution in [0.1, 0.15) is 15.9 Å². The average Bonchev–Trinajstić information content (AvgIpc) is 2.61. The van der Waals surface area contributed by atoms with Crippen molar-refractivity contribution in [2.24, 2.45) is 0 Å². The zero-order chi connectivity index (χ0) is 16.8. The zero-order valence-electron chi connectivity index (χ0n) is 12.8. The second kappa shape index (κ2) is 7.75. The summed E-state index contributed by atoms with van der Waals surface area (Å²) in [5.41, 5.74) is 1.58. The summed E-state index contributed by atoms with van der Waals surface area (Å²) in [4.78, 5) is 16.3. The molecule has 0 saturated carbocycles. The minimum atomic E-state index is -0.112. The van der Waals surface area contributed by atoms with E-state index in [2.05, 4.69) is 26.2 Å². The Kier molecular flexibility index (Phi) is 5.23. The Labute approximate surface area is 148 Å². The topological polar surface area (TPSA) is 51.2 Å². The van der Waals surface area contributed by atoms with Gasteiger partial charge in [0, 0.05) is 28.8 Å². The van der Waals surface area contributed by atoms with E-state index in [1.807, 2.05) is 48.5 Å². The van der Waals surface area contributed by atoms with Gasteiger partial charge in [-0.25, -0.2) is 4.98 Å². The molecule has 24 heavy (non-hydrogen) atoms. The molecule has 3 rings (SSSR count). The maximum atomic E-state index is 12.1. The molecule has 0 fully saturated rings. The molecule has 0 aliphatic rings. The van der Waals surface area contributed by atoms with Crippen molar-refractivity contribution in [2.45, 2.75) is 6.54 Å². The molecule has 1 heterocycles. The Morgan fingerprint density at radius 3 is 2.62 bits per heavy atom. The fraction of sp³-hybridized carbons (Fsp3) is 0.0526. The summed E-state index contributed by atoms with van der Waals surface area (Å²) in [5, 5.41) is 2.90. The summed E-state index contributed by atoms with van der Waals surface area (Å²) >= 11 is 3.35. The number of nitrogens with one attached hydrogen (secondary N) is 1. The van der Waals surface area contributed by atoms with Crippen molar-refractivity contribution in [3.05, 3.63) is 88.5 Å². The number of amides is 1. The molecule has 0 bridgehead atoms. The van der Waals surface area contributed by atoms with Gasteiger partial charge in [0.15, 0.2) is 0 Å². The van der Waals surface area contributed by atoms with Gasteiger partial charge in [-0.3, -0.25) is 4.79 Å². The number of ether oxygens (including phenoxy) is 1. The van der Waals surface area contributed by atoms with Crippen molar-refractivity contribution in [1.29, 1.82) is 0 Å². The number of benzene rings is 2. The summed E-state index contributed by atoms with van der Waals surface area (Å²) in [6.45, 7) is 0.425. The van der Waals surface area contributed by atoms with Gasteiger partial charge in [-0.15, -0.1) is 0 Å². The number of rotatable bonds is 5. The predicted octanol–water partition coefficient (Wildman–Crippen LogP) is 4.57. The predicted molar refractivity (Wildman–Crippen MR) is 96.1 cm³/mol. The fourth-order valence-corrected chi connectivity index (χ4v) is 2.40. The van der Waals surface area contributed by atoms with E-state index in [1.165, 1.54) is 0 Å². The lowest BCUT2D eigenvalue weighted by Crippen LogP contribution is -2.22. The molecular formula is C19H15BrN2O2. The van der Waals surface area contributed by atoms with Crippen LogP contribution in [0.4, 0.5) is 0 Å². The van der Waals surface area contributed by atoms with Crippen LogP contribution in [0, 0.1) is 0 Å². The van der Waals surface area contributed by atoms with Crippen molar-refractivity contribution in [1.82, 2.24) is 10.3 Å². The third-order valence-corrected chi connectivity index (χ3v) is 3.85. The van der Waals surface area contributed by atoms with Gasteiger partial charge in [-0.2, -0.15) is 0 Å². The standard InChI is InChI=1S/C19H15BrN2O2/c20-16-9-7-15(8-10-16)19(23)22-13-14-4-3-5-17(12-14)24-18-6-1-2-11-21-18/h1-12H,13H2,(H,22,23). The van der Waals surface area contributed by atoms with Gasteiger partial charge in [-0.1, -0.05) is 34.1 Å². The molecule has 0 saturated heterocycles. The summed E-state index contributed by atoms with van der Waals surface area (Å²) in [5.74, 6) is 1.11. The molecule has 2 aromatic carbocycles. The van der Waals surface area contributed by atoms with E-state index in [4.69, 9.17) is 4.74 Å². The van der Waals surface area contributed by atoms with Gasteiger partial charge in [0.1, 0.15) is 5.75 Å². The first-order chi connectivity index (χ1) is 11.7. The highest BCUT2D eigenvalue weighted by atomic mass is 79.9. The van der Waals surface area contributed by atoms with E-state index in [1.54, 1.807) is 24.4 Å². The van der Waals surface area contributed by atoms with Gasteiger partial charge < -0.3 is 10.1 Å². The number of hydrogen-bond donors (Lipinski definition) is 1. The van der Waals surface area contributed by atoms with Crippen LogP contribution in [0.25, 0.3) is 0 Å². The van der Waals surface area contributed by atoms with E-state index in [9.17, 15) is 4.79 Å². The van der Waals surface area contributed by atoms with E-state index < -0.39 is 0 Å². The molecule has 1 aromatic heterocycles. The molecule has 0 atom stereocenters. The second-order valence-electron chi connectivity index (χ2n) is 5.11. The van der Waals surface area contributed by atoms with E-state index in [0.29, 0.717) is 23.7 Å². The quantitative estimate of drug-likeness (QED) is 0.703. The zero-order valence-corrected chi connectivity index (χ0v) is 14.4. The monoisotopic (exact) mass is 382 g/mol. The van der Waals surface area contributed by atoms with Crippen LogP contribution in [-0.4, -0.2) is 10.9 Å². The minimum Gasteiger partial charge on any atom is -0.439 e. The molecule has 4 nitrogen and oxygen atoms in total. The fourth-order valence-electron chi connectivity index (χ4n) is 2.13. The van der Waals surface area contributed by atoms with Crippen molar-refractivity contribution < 1.29 is 9.53 Å². The van der Waals surface area contributed by atoms with E-state index >= 15 is 0 Å². The highest BCUT2D eigenvalue weighted by molar-refractivity contribution is 9.10. The van der Waals surface area contributed by atoms with Gasteiger partial charge in [-0.05, 0) is 48.0 Å². The summed E-state index contributed by atoms with van der Waals surface area (Å²) in [7, 11) is 0. The van der Waals surface area contributed by atoms with Crippen LogP contribution in [0.5, 0.6) is 11.6 Å². The smallest absolute Gasteiger partial charge is 0.251 e. The largest absolute Gasteiger partial charge is 0.439 e. The first kappa shape index (κ1) is 16.2. The van der Waals surface area contributed by atoms with E-state index in [0.717, 1.165) is 10.0 Å². The maximum Gasteiger partial charge on any atom is 0.251 e. The van der Waals surface area contributed by atoms with Crippen LogP contribution < -0.4 is 10.1 Å². The SMILES string of the molecule is O=C(NCc1cccc(Oc2ccccn2)c1)c1ccc(Br)cc1. The van der Waals surface area contributed by atoms with Crippen LogP contribution in [-0.2, 0) is 6.54 Å². The number of carbonyl (C=O) groups excluding carboxylic acids is 1. The third-order valence-electron chi connectivity index (χ3n) is 3.32. The molecule has 3 aromatic rings. The van der Waals surface area contributed by atoms with Crippen LogP contribution in [0.3, 0.4) is 0 Å². The van der Waals surface area contributed by atoms with Crippen molar-refractivity contribution >= 4 is 21.8 Å². The van der Waals surface area contributed by atoms with Gasteiger partial charge in [0.2, 0.25) is 5.88 Å². The molecule has 5 heteroatoms. The lowest BCUT2D eigenvalue weighted by molar-refractivity contribution is 0.0951. The number of halogens is 1. The average molecular weight is 383 g/mol. The molecule has 1 amide bonds. The number of hydrogen-bond acceptors (Lipinski definition) is 3. The van der Waals surface area contributed by atoms with Gasteiger partial charge >= 0.3 is 0 Å². The highest BCUT2D eigenvalue weighted by Gasteiger charge is 2.06. The molecular weight excluding hydrogens is 368 g/mol. The van der Waals surface area contributed by atoms with E-state index in [-0.39, 0.29) is 5.91 Å². The van der Waals surface area contributed by atoms with Crippen molar-refractivity contribution in [2.75, 3.05) is 0 Å². The maximum absolute atomic E-state index is 12.1. The van der Waals surface area contributed by atoms with Gasteiger partial charge in [0.25, 0.3) is 5.91 Å². The minimum absolute atomic E-state index is 0.112. The molecule has 0 aliphatic heterocycles. The lowest BCUT2D eigenvalue weighted by Gasteiger charge is -2.08. The van der Waals surface area contributed by atoms with Crippen LogP contribution >= 0.6 is 15.9 Å². The van der Waals surface area contributed by atoms with Gasteiger partial charge in [0.05, 0.1) is 0 Å².